The van der Waals surface area contributed by atoms with Crippen LogP contribution in [0.2, 0.25) is 9.56 Å². The first-order valence-electron chi connectivity index (χ1n) is 7.17. The molecule has 15 heavy (non-hydrogen) atoms. The summed E-state index contributed by atoms with van der Waals surface area (Å²) in [6.07, 6.45) is 14.9. The first-order valence-corrected chi connectivity index (χ1v) is 8.57. The maximum atomic E-state index is 2.32. The molecule has 1 radical (unpaired) electrons. The summed E-state index contributed by atoms with van der Waals surface area (Å²) >= 11 is 0.862. The van der Waals surface area contributed by atoms with E-state index in [2.05, 4.69) is 13.8 Å². The van der Waals surface area contributed by atoms with Gasteiger partial charge in [0.2, 0.25) is 15.2 Å². The first-order chi connectivity index (χ1) is 7.33. The molecule has 0 nitrogen and oxygen atoms in total. The summed E-state index contributed by atoms with van der Waals surface area (Å²) in [5.74, 6) is 0. The third-order valence-corrected chi connectivity index (χ3v) is 5.98. The van der Waals surface area contributed by atoms with Gasteiger partial charge in [-0.15, -0.1) is 5.28 Å². The molecule has 0 bridgehead atoms. The molecule has 0 N–H and O–H groups in total. The van der Waals surface area contributed by atoms with E-state index < -0.39 is 0 Å². The quantitative estimate of drug-likeness (QED) is 0.352. The van der Waals surface area contributed by atoms with Gasteiger partial charge in [0, 0.05) is 0 Å². The molecule has 1 saturated heterocycles. The van der Waals surface area contributed by atoms with Crippen molar-refractivity contribution in [2.24, 2.45) is 0 Å². The molecule has 1 fully saturated rings. The third kappa shape index (κ3) is 5.98. The van der Waals surface area contributed by atoms with Crippen LogP contribution in [0.1, 0.15) is 78.1 Å². The van der Waals surface area contributed by atoms with Crippen LogP contribution < -0.4 is 0 Å². The van der Waals surface area contributed by atoms with Crippen molar-refractivity contribution in [1.82, 2.24) is 0 Å². The Morgan fingerprint density at radius 3 is 1.80 bits per heavy atom. The maximum absolute atomic E-state index is 2.32. The highest BCUT2D eigenvalue weighted by Crippen LogP contribution is 2.55. The Balaban J connectivity index is 1.94. The van der Waals surface area contributed by atoms with E-state index in [0.717, 1.165) is 19.5 Å². The van der Waals surface area contributed by atoms with E-state index >= 15 is 0 Å². The summed E-state index contributed by atoms with van der Waals surface area (Å²) in [4.78, 5) is 0. The van der Waals surface area contributed by atoms with E-state index in [-0.39, 0.29) is 0 Å². The number of unbranched alkanes of at least 4 members (excludes halogenated alkanes) is 6. The molecule has 1 unspecified atom stereocenters. The zero-order valence-corrected chi connectivity index (χ0v) is 12.0. The molecule has 0 amide bonds. The van der Waals surface area contributed by atoms with Crippen molar-refractivity contribution in [1.29, 1.82) is 0 Å². The smallest absolute Gasteiger partial charge is 0.110 e. The Hall–Kier alpha value is 0.532. The van der Waals surface area contributed by atoms with Gasteiger partial charge in [-0.3, -0.25) is 0 Å². The molecule has 1 heterocycles. The van der Waals surface area contributed by atoms with Gasteiger partial charge in [0.05, 0.1) is 0 Å². The van der Waals surface area contributed by atoms with Crippen LogP contribution in [0.15, 0.2) is 0 Å². The SMILES string of the molecule is CCCCCCC[C]1(CCCCC)[CH2][Al]1. The van der Waals surface area contributed by atoms with Crippen LogP contribution in [-0.2, 0) is 0 Å². The molecule has 0 spiro atoms. The van der Waals surface area contributed by atoms with Gasteiger partial charge in [-0.1, -0.05) is 82.3 Å². The fourth-order valence-corrected chi connectivity index (χ4v) is 4.00. The number of hydrogen-bond donors (Lipinski definition) is 0. The molecule has 0 aromatic carbocycles. The second-order valence-electron chi connectivity index (χ2n) is 5.39. The Kier molecular flexibility index (Phi) is 7.02. The van der Waals surface area contributed by atoms with E-state index in [9.17, 15) is 0 Å². The van der Waals surface area contributed by atoms with E-state index in [1.165, 1.54) is 51.4 Å². The van der Waals surface area contributed by atoms with E-state index in [1.54, 1.807) is 18.1 Å². The summed E-state index contributed by atoms with van der Waals surface area (Å²) in [6.45, 7) is 4.62. The molecule has 1 rings (SSSR count). The minimum Gasteiger partial charge on any atom is -0.110 e. The average molecular weight is 223 g/mol. The summed E-state index contributed by atoms with van der Waals surface area (Å²) in [7, 11) is 0. The summed E-state index contributed by atoms with van der Waals surface area (Å²) in [5, 5.41) is 1.63. The second-order valence-corrected chi connectivity index (χ2v) is 7.43. The predicted molar refractivity (Wildman–Crippen MR) is 70.8 cm³/mol. The molecule has 87 valence electrons. The Morgan fingerprint density at radius 1 is 0.800 bits per heavy atom. The second kappa shape index (κ2) is 7.75. The topological polar surface area (TPSA) is 0 Å². The highest BCUT2D eigenvalue weighted by Gasteiger charge is 2.41. The van der Waals surface area contributed by atoms with Crippen molar-refractivity contribution in [3.63, 3.8) is 0 Å². The minimum atomic E-state index is 0.862. The molecule has 1 heteroatoms. The van der Waals surface area contributed by atoms with E-state index in [1.807, 2.05) is 0 Å². The van der Waals surface area contributed by atoms with Crippen LogP contribution in [0.5, 0.6) is 0 Å². The van der Waals surface area contributed by atoms with Gasteiger partial charge in [0.15, 0.2) is 0 Å². The Bertz CT molecular complexity index is 149. The molecule has 1 aliphatic rings. The van der Waals surface area contributed by atoms with Gasteiger partial charge in [0.1, 0.15) is 0 Å². The van der Waals surface area contributed by atoms with E-state index in [0.29, 0.717) is 0 Å². The normalized spacial score (nSPS) is 23.9. The van der Waals surface area contributed by atoms with Crippen molar-refractivity contribution in [3.8, 4) is 0 Å². The van der Waals surface area contributed by atoms with Crippen molar-refractivity contribution in [2.75, 3.05) is 0 Å². The molecular weight excluding hydrogens is 195 g/mol. The monoisotopic (exact) mass is 223 g/mol. The molecular formula is C14H28Al. The zero-order chi connectivity index (χ0) is 11.0. The fourth-order valence-electron chi connectivity index (χ4n) is 2.49. The summed E-state index contributed by atoms with van der Waals surface area (Å²) in [5.41, 5.74) is 0. The highest BCUT2D eigenvalue weighted by atomic mass is 27.1. The lowest BCUT2D eigenvalue weighted by atomic mass is 9.96. The van der Waals surface area contributed by atoms with Crippen molar-refractivity contribution < 1.29 is 0 Å². The van der Waals surface area contributed by atoms with Crippen LogP contribution >= 0.6 is 0 Å². The third-order valence-electron chi connectivity index (χ3n) is 3.84. The van der Waals surface area contributed by atoms with E-state index in [4.69, 9.17) is 0 Å². The van der Waals surface area contributed by atoms with Crippen molar-refractivity contribution in [3.05, 3.63) is 0 Å². The largest absolute Gasteiger partial charge is 0.207 e. The highest BCUT2D eigenvalue weighted by molar-refractivity contribution is 6.54. The minimum absolute atomic E-state index is 0.862. The van der Waals surface area contributed by atoms with Gasteiger partial charge < -0.3 is 0 Å². The lowest BCUT2D eigenvalue weighted by Gasteiger charge is -2.16. The summed E-state index contributed by atoms with van der Waals surface area (Å²) < 4.78 is 0.932. The zero-order valence-electron chi connectivity index (χ0n) is 10.9. The van der Waals surface area contributed by atoms with Crippen LogP contribution in [0, 0.1) is 0 Å². The van der Waals surface area contributed by atoms with Crippen LogP contribution in [0.3, 0.4) is 0 Å². The predicted octanol–water partition coefficient (Wildman–Crippen LogP) is 5.22. The van der Waals surface area contributed by atoms with Crippen molar-refractivity contribution >= 4 is 15.2 Å². The van der Waals surface area contributed by atoms with Crippen LogP contribution in [0.4, 0.5) is 0 Å². The van der Waals surface area contributed by atoms with Gasteiger partial charge >= 0.3 is 0 Å². The molecule has 1 atom stereocenters. The number of hydrogen-bond acceptors (Lipinski definition) is 0. The Morgan fingerprint density at radius 2 is 1.27 bits per heavy atom. The van der Waals surface area contributed by atoms with Gasteiger partial charge in [-0.2, -0.15) is 0 Å². The molecule has 0 saturated carbocycles. The molecule has 0 aromatic rings. The maximum Gasteiger partial charge on any atom is 0.207 e. The van der Waals surface area contributed by atoms with Crippen LogP contribution in [0.25, 0.3) is 0 Å². The van der Waals surface area contributed by atoms with Gasteiger partial charge in [-0.05, 0) is 0 Å². The van der Waals surface area contributed by atoms with Crippen LogP contribution in [-0.4, -0.2) is 15.2 Å². The van der Waals surface area contributed by atoms with Crippen molar-refractivity contribution in [2.45, 2.75) is 87.6 Å². The standard InChI is InChI=1S/C14H28.Al/c1-4-6-8-9-11-13-14(3)12-10-7-5-2;/h3-13H2,1-2H3;. The van der Waals surface area contributed by atoms with Gasteiger partial charge in [-0.25, -0.2) is 0 Å². The lowest BCUT2D eigenvalue weighted by molar-refractivity contribution is 0.496. The average Bonchev–Trinajstić information content (AvgIpc) is 2.99. The fraction of sp³-hybridized carbons (Fsp3) is 1.00. The van der Waals surface area contributed by atoms with Gasteiger partial charge in [0.25, 0.3) is 0 Å². The lowest BCUT2D eigenvalue weighted by Crippen LogP contribution is -1.95. The Labute approximate surface area is 103 Å². The molecule has 1 aliphatic heterocycles. The number of rotatable bonds is 10. The summed E-state index contributed by atoms with van der Waals surface area (Å²) in [6, 6.07) is 0. The molecule has 0 aromatic heterocycles. The molecule has 0 aliphatic carbocycles. The first kappa shape index (κ1) is 13.6.